The summed E-state index contributed by atoms with van der Waals surface area (Å²) < 4.78 is 0. The van der Waals surface area contributed by atoms with Crippen molar-refractivity contribution >= 4 is 132 Å². The maximum atomic E-state index is 2.61. The van der Waals surface area contributed by atoms with Crippen LogP contribution in [0, 0.1) is 13.8 Å². The van der Waals surface area contributed by atoms with E-state index >= 15 is 0 Å². The molecule has 75 heavy (non-hydrogen) atoms. The van der Waals surface area contributed by atoms with E-state index in [1.807, 2.05) is 0 Å². The summed E-state index contributed by atoms with van der Waals surface area (Å²) in [6.45, 7) is 4.31. The smallest absolute Gasteiger partial charge is 0.252 e. The molecule has 0 aromatic heterocycles. The lowest BCUT2D eigenvalue weighted by Gasteiger charge is -2.47. The van der Waals surface area contributed by atoms with Gasteiger partial charge in [0.2, 0.25) is 0 Å². The predicted molar refractivity (Wildman–Crippen MR) is 319 cm³/mol. The summed E-state index contributed by atoms with van der Waals surface area (Å²) >= 11 is 0. The molecule has 0 spiro atoms. The lowest BCUT2D eigenvalue weighted by Crippen LogP contribution is -2.65. The molecule has 352 valence electrons. The normalized spacial score (nSPS) is 13.3. The molecule has 0 saturated carbocycles. The molecule has 11 aromatic carbocycles. The third-order valence-electron chi connectivity index (χ3n) is 16.0. The molecule has 4 aliphatic heterocycles. The zero-order chi connectivity index (χ0) is 49.7. The van der Waals surface area contributed by atoms with Gasteiger partial charge in [0, 0.05) is 79.6 Å². The Hall–Kier alpha value is -9.45. The van der Waals surface area contributed by atoms with E-state index in [0.717, 1.165) is 56.9 Å². The van der Waals surface area contributed by atoms with E-state index in [1.54, 1.807) is 0 Å². The second-order valence-electron chi connectivity index (χ2n) is 20.2. The van der Waals surface area contributed by atoms with Crippen LogP contribution in [0.1, 0.15) is 11.1 Å². The Labute approximate surface area is 439 Å². The van der Waals surface area contributed by atoms with Gasteiger partial charge < -0.3 is 24.5 Å². The van der Waals surface area contributed by atoms with Crippen molar-refractivity contribution in [2.45, 2.75) is 13.8 Å². The van der Waals surface area contributed by atoms with Gasteiger partial charge in [-0.25, -0.2) is 0 Å². The molecule has 4 aliphatic rings. The minimum Gasteiger partial charge on any atom is -0.311 e. The minimum absolute atomic E-state index is 0.0440. The Kier molecular flexibility index (Phi) is 9.83. The van der Waals surface area contributed by atoms with E-state index < -0.39 is 0 Å². The van der Waals surface area contributed by atoms with Gasteiger partial charge in [-0.3, -0.25) is 0 Å². The van der Waals surface area contributed by atoms with Crippen molar-refractivity contribution in [2.24, 2.45) is 0 Å². The van der Waals surface area contributed by atoms with Crippen LogP contribution in [0.5, 0.6) is 0 Å². The number of para-hydroxylation sites is 8. The summed E-state index contributed by atoms with van der Waals surface area (Å²) in [5.41, 5.74) is 27.4. The molecule has 0 fully saturated rings. The highest BCUT2D eigenvalue weighted by Gasteiger charge is 2.48. The van der Waals surface area contributed by atoms with Crippen LogP contribution in [0.25, 0.3) is 0 Å². The van der Waals surface area contributed by atoms with Crippen LogP contribution < -0.4 is 57.3 Å². The minimum atomic E-state index is -0.104. The summed E-state index contributed by atoms with van der Waals surface area (Å²) in [7, 11) is 0. The second kappa shape index (κ2) is 17.1. The summed E-state index contributed by atoms with van der Waals surface area (Å²) in [6, 6.07) is 96.7. The van der Waals surface area contributed by atoms with Crippen molar-refractivity contribution in [1.82, 2.24) is 0 Å². The van der Waals surface area contributed by atoms with E-state index in [1.165, 1.54) is 72.3 Å². The molecule has 0 bridgehead atoms. The Morgan fingerprint density at radius 3 is 1.04 bits per heavy atom. The fraction of sp³-hybridized carbons (Fsp3) is 0.0294. The average Bonchev–Trinajstić information content (AvgIpc) is 3.57. The van der Waals surface area contributed by atoms with Gasteiger partial charge in [0.15, 0.2) is 0 Å². The molecular formula is C68H49B2N5. The first-order chi connectivity index (χ1) is 37.1. The van der Waals surface area contributed by atoms with Gasteiger partial charge in [0.1, 0.15) is 0 Å². The SMILES string of the molecule is Cc1ccccc1N(c1cc2c3c(c1)N(c1ccccc1)c1cc4c(cc1B3c1ccccc1N2c1ccccc1)B1c2ccccc2N(c2ccccc2)c2cccc(c21)N4c1ccccc1)c1ccccc1C. The number of anilines is 15. The fourth-order valence-corrected chi connectivity index (χ4v) is 12.9. The molecule has 0 aliphatic carbocycles. The van der Waals surface area contributed by atoms with Gasteiger partial charge >= 0.3 is 0 Å². The van der Waals surface area contributed by atoms with Crippen molar-refractivity contribution in [3.8, 4) is 0 Å². The molecule has 5 nitrogen and oxygen atoms in total. The average molecular weight is 958 g/mol. The fourth-order valence-electron chi connectivity index (χ4n) is 12.9. The maximum Gasteiger partial charge on any atom is 0.252 e. The highest BCUT2D eigenvalue weighted by atomic mass is 15.2. The topological polar surface area (TPSA) is 16.2 Å². The second-order valence-corrected chi connectivity index (χ2v) is 20.2. The monoisotopic (exact) mass is 957 g/mol. The molecule has 0 amide bonds. The van der Waals surface area contributed by atoms with E-state index in [9.17, 15) is 0 Å². The van der Waals surface area contributed by atoms with Gasteiger partial charge in [0.05, 0.1) is 5.69 Å². The quantitative estimate of drug-likeness (QED) is 0.148. The zero-order valence-corrected chi connectivity index (χ0v) is 41.7. The third-order valence-corrected chi connectivity index (χ3v) is 16.0. The first-order valence-electron chi connectivity index (χ1n) is 26.1. The Morgan fingerprint density at radius 1 is 0.267 bits per heavy atom. The molecule has 0 atom stereocenters. The van der Waals surface area contributed by atoms with Crippen LogP contribution >= 0.6 is 0 Å². The lowest BCUT2D eigenvalue weighted by atomic mass is 9.30. The molecule has 7 heteroatoms. The van der Waals surface area contributed by atoms with E-state index in [0.29, 0.717) is 0 Å². The molecule has 4 heterocycles. The molecule has 0 saturated heterocycles. The first-order valence-corrected chi connectivity index (χ1v) is 26.1. The highest BCUT2D eigenvalue weighted by Crippen LogP contribution is 2.51. The third kappa shape index (κ3) is 6.54. The maximum absolute atomic E-state index is 2.61. The van der Waals surface area contributed by atoms with Gasteiger partial charge in [0.25, 0.3) is 13.4 Å². The van der Waals surface area contributed by atoms with Crippen LogP contribution in [-0.4, -0.2) is 13.4 Å². The zero-order valence-electron chi connectivity index (χ0n) is 41.7. The summed E-state index contributed by atoms with van der Waals surface area (Å²) in [5, 5.41) is 0. The van der Waals surface area contributed by atoms with Gasteiger partial charge in [-0.15, -0.1) is 0 Å². The van der Waals surface area contributed by atoms with Crippen LogP contribution in [0.4, 0.5) is 85.3 Å². The largest absolute Gasteiger partial charge is 0.311 e. The predicted octanol–water partition coefficient (Wildman–Crippen LogP) is 13.9. The Balaban J connectivity index is 1.07. The first kappa shape index (κ1) is 43.2. The molecule has 0 unspecified atom stereocenters. The van der Waals surface area contributed by atoms with Crippen molar-refractivity contribution in [1.29, 1.82) is 0 Å². The van der Waals surface area contributed by atoms with Crippen LogP contribution in [0.15, 0.2) is 261 Å². The summed E-state index contributed by atoms with van der Waals surface area (Å²) in [5.74, 6) is 0. The van der Waals surface area contributed by atoms with Crippen LogP contribution in [0.2, 0.25) is 0 Å². The van der Waals surface area contributed by atoms with Gasteiger partial charge in [-0.2, -0.15) is 0 Å². The van der Waals surface area contributed by atoms with Crippen LogP contribution in [-0.2, 0) is 0 Å². The number of aryl methyl sites for hydroxylation is 2. The van der Waals surface area contributed by atoms with E-state index in [-0.39, 0.29) is 13.4 Å². The highest BCUT2D eigenvalue weighted by molar-refractivity contribution is 7.03. The number of benzene rings is 11. The van der Waals surface area contributed by atoms with Crippen molar-refractivity contribution < 1.29 is 0 Å². The molecule has 0 N–H and O–H groups in total. The molecule has 0 radical (unpaired) electrons. The molecule has 11 aromatic rings. The van der Waals surface area contributed by atoms with Gasteiger partial charge in [-0.1, -0.05) is 158 Å². The summed E-state index contributed by atoms with van der Waals surface area (Å²) in [6.07, 6.45) is 0. The van der Waals surface area contributed by atoms with E-state index in [4.69, 9.17) is 0 Å². The number of nitrogens with zero attached hydrogens (tertiary/aromatic N) is 5. The summed E-state index contributed by atoms with van der Waals surface area (Å²) in [4.78, 5) is 12.6. The Bertz CT molecular complexity index is 3990. The van der Waals surface area contributed by atoms with Gasteiger partial charge in [-0.05, 0) is 161 Å². The number of hydrogen-bond donors (Lipinski definition) is 0. The number of fused-ring (bicyclic) bond motifs is 8. The standard InChI is InChI=1S/C68H49B2N5/c1-46-24-15-19-36-57(46)75(58-37-20-16-25-47(58)2)52-42-65-68-66(43-52)74(51-32-13-6-14-33-51)64-45-63-55(44-56(64)70(68)54-35-18-22-39-60(54)72(65)49-28-9-4-10-29-49)69-53-34-17-21-38-59(53)71(48-26-7-3-8-27-48)61-40-23-41-62(67(61)69)73(63)50-30-11-5-12-31-50/h3-45H,1-2H3. The van der Waals surface area contributed by atoms with Crippen molar-refractivity contribution in [3.05, 3.63) is 272 Å². The van der Waals surface area contributed by atoms with Crippen LogP contribution in [0.3, 0.4) is 0 Å². The van der Waals surface area contributed by atoms with Crippen molar-refractivity contribution in [3.63, 3.8) is 0 Å². The van der Waals surface area contributed by atoms with E-state index in [2.05, 4.69) is 299 Å². The lowest BCUT2D eigenvalue weighted by molar-refractivity contribution is 1.20. The molecule has 15 rings (SSSR count). The Morgan fingerprint density at radius 2 is 0.600 bits per heavy atom. The number of hydrogen-bond acceptors (Lipinski definition) is 5. The van der Waals surface area contributed by atoms with Crippen molar-refractivity contribution in [2.75, 3.05) is 24.5 Å². The number of rotatable bonds is 7. The molecular weight excluding hydrogens is 908 g/mol.